The molecule has 4 nitrogen and oxygen atoms in total. The lowest BCUT2D eigenvalue weighted by molar-refractivity contribution is -0.184. The largest absolute Gasteiger partial charge is 0.405 e. The van der Waals surface area contributed by atoms with E-state index in [1.54, 1.807) is 0 Å². The van der Waals surface area contributed by atoms with Crippen molar-refractivity contribution in [2.75, 3.05) is 32.7 Å². The third-order valence-electron chi connectivity index (χ3n) is 4.69. The minimum Gasteiger partial charge on any atom is -0.354 e. The van der Waals surface area contributed by atoms with E-state index in [1.807, 2.05) is 42.5 Å². The summed E-state index contributed by atoms with van der Waals surface area (Å²) >= 11 is 0. The summed E-state index contributed by atoms with van der Waals surface area (Å²) in [5, 5.41) is 7.47. The first-order valence-corrected chi connectivity index (χ1v) is 8.70. The zero-order chi connectivity index (χ0) is 18.6. The molecule has 2 N–H and O–H groups in total. The van der Waals surface area contributed by atoms with Gasteiger partial charge in [0.05, 0.1) is 6.42 Å². The minimum absolute atomic E-state index is 0.0630. The van der Waals surface area contributed by atoms with Crippen LogP contribution in [0.25, 0.3) is 10.8 Å². The van der Waals surface area contributed by atoms with Crippen LogP contribution in [-0.4, -0.2) is 55.7 Å². The number of amides is 1. The van der Waals surface area contributed by atoms with Gasteiger partial charge in [0.25, 0.3) is 0 Å². The van der Waals surface area contributed by atoms with Gasteiger partial charge in [-0.15, -0.1) is 0 Å². The average Bonchev–Trinajstić information content (AvgIpc) is 2.62. The van der Waals surface area contributed by atoms with Crippen LogP contribution in [0.15, 0.2) is 42.5 Å². The highest BCUT2D eigenvalue weighted by Crippen LogP contribution is 2.25. The second-order valence-electron chi connectivity index (χ2n) is 6.46. The van der Waals surface area contributed by atoms with Crippen molar-refractivity contribution in [2.24, 2.45) is 0 Å². The van der Waals surface area contributed by atoms with Gasteiger partial charge in [0.15, 0.2) is 0 Å². The highest BCUT2D eigenvalue weighted by molar-refractivity contribution is 5.90. The molecule has 1 saturated heterocycles. The van der Waals surface area contributed by atoms with Crippen molar-refractivity contribution in [3.05, 3.63) is 48.0 Å². The highest BCUT2D eigenvalue weighted by Gasteiger charge is 2.43. The van der Waals surface area contributed by atoms with Crippen molar-refractivity contribution in [3.63, 3.8) is 0 Å². The lowest BCUT2D eigenvalue weighted by Crippen LogP contribution is -2.57. The van der Waals surface area contributed by atoms with Crippen molar-refractivity contribution in [1.82, 2.24) is 15.5 Å². The van der Waals surface area contributed by atoms with E-state index in [0.717, 1.165) is 16.3 Å². The molecular weight excluding hydrogens is 343 g/mol. The molecule has 140 valence electrons. The number of rotatable bonds is 5. The van der Waals surface area contributed by atoms with Crippen LogP contribution < -0.4 is 10.6 Å². The molecule has 1 fully saturated rings. The zero-order valence-corrected chi connectivity index (χ0v) is 14.4. The van der Waals surface area contributed by atoms with Crippen LogP contribution in [0.2, 0.25) is 0 Å². The summed E-state index contributed by atoms with van der Waals surface area (Å²) in [5.41, 5.74) is 0.811. The molecule has 2 aromatic rings. The molecule has 0 aromatic heterocycles. The molecular formula is C19H22F3N3O. The summed E-state index contributed by atoms with van der Waals surface area (Å²) < 4.78 is 40.1. The Kier molecular flexibility index (Phi) is 5.78. The number of nitrogens with one attached hydrogen (secondary N) is 2. The molecule has 1 atom stereocenters. The van der Waals surface area contributed by atoms with Crippen molar-refractivity contribution in [1.29, 1.82) is 0 Å². The molecule has 0 spiro atoms. The van der Waals surface area contributed by atoms with Crippen molar-refractivity contribution < 1.29 is 18.0 Å². The molecule has 1 aliphatic rings. The smallest absolute Gasteiger partial charge is 0.354 e. The van der Waals surface area contributed by atoms with E-state index >= 15 is 0 Å². The molecule has 1 heterocycles. The number of carbonyl (C=O) groups excluding carboxylic acids is 1. The lowest BCUT2D eigenvalue weighted by atomic mass is 10.0. The van der Waals surface area contributed by atoms with Crippen molar-refractivity contribution >= 4 is 16.7 Å². The Morgan fingerprint density at radius 1 is 1.12 bits per heavy atom. The third kappa shape index (κ3) is 4.53. The Hall–Kier alpha value is -2.12. The van der Waals surface area contributed by atoms with Gasteiger partial charge >= 0.3 is 6.18 Å². The molecule has 1 amide bonds. The molecule has 3 rings (SSSR count). The quantitative estimate of drug-likeness (QED) is 0.855. The van der Waals surface area contributed by atoms with Gasteiger partial charge in [-0.3, -0.25) is 9.69 Å². The number of piperazine rings is 1. The predicted molar refractivity (Wildman–Crippen MR) is 94.9 cm³/mol. The summed E-state index contributed by atoms with van der Waals surface area (Å²) in [7, 11) is 0. The van der Waals surface area contributed by atoms with Gasteiger partial charge in [0.1, 0.15) is 6.04 Å². The van der Waals surface area contributed by atoms with E-state index in [2.05, 4.69) is 10.6 Å². The van der Waals surface area contributed by atoms with Crippen molar-refractivity contribution in [3.8, 4) is 0 Å². The number of nitrogens with zero attached hydrogens (tertiary/aromatic N) is 1. The summed E-state index contributed by atoms with van der Waals surface area (Å²) in [5.74, 6) is -0.397. The van der Waals surface area contributed by atoms with E-state index in [1.165, 1.54) is 4.90 Å². The van der Waals surface area contributed by atoms with E-state index in [9.17, 15) is 18.0 Å². The second kappa shape index (κ2) is 8.05. The number of fused-ring (bicyclic) bond motifs is 1. The van der Waals surface area contributed by atoms with Crippen LogP contribution in [0.5, 0.6) is 0 Å². The normalized spacial score (nSPS) is 17.2. The predicted octanol–water partition coefficient (Wildman–Crippen LogP) is 2.33. The number of alkyl halides is 3. The molecule has 0 bridgehead atoms. The number of halogens is 3. The molecule has 0 saturated carbocycles. The van der Waals surface area contributed by atoms with E-state index < -0.39 is 24.7 Å². The first kappa shape index (κ1) is 18.7. The van der Waals surface area contributed by atoms with Gasteiger partial charge in [0.2, 0.25) is 5.91 Å². The van der Waals surface area contributed by atoms with E-state index in [-0.39, 0.29) is 6.42 Å². The maximum Gasteiger partial charge on any atom is 0.405 e. The lowest BCUT2D eigenvalue weighted by Gasteiger charge is -2.35. The van der Waals surface area contributed by atoms with Gasteiger partial charge < -0.3 is 10.6 Å². The van der Waals surface area contributed by atoms with Crippen LogP contribution >= 0.6 is 0 Å². The van der Waals surface area contributed by atoms with Gasteiger partial charge in [-0.25, -0.2) is 0 Å². The monoisotopic (exact) mass is 365 g/mol. The average molecular weight is 365 g/mol. The fourth-order valence-corrected chi connectivity index (χ4v) is 3.34. The Balaban J connectivity index is 1.64. The van der Waals surface area contributed by atoms with Crippen molar-refractivity contribution in [2.45, 2.75) is 18.6 Å². The molecule has 0 radical (unpaired) electrons. The Morgan fingerprint density at radius 2 is 1.81 bits per heavy atom. The SMILES string of the molecule is O=C(Cc1cccc2ccccc12)NCC(N1CCNCC1)C(F)(F)F. The Morgan fingerprint density at radius 3 is 2.54 bits per heavy atom. The number of carbonyl (C=O) groups is 1. The van der Waals surface area contributed by atoms with E-state index in [4.69, 9.17) is 0 Å². The first-order chi connectivity index (χ1) is 12.4. The maximum absolute atomic E-state index is 13.4. The fraction of sp³-hybridized carbons (Fsp3) is 0.421. The highest BCUT2D eigenvalue weighted by atomic mass is 19.4. The number of benzene rings is 2. The maximum atomic E-state index is 13.4. The Labute approximate surface area is 150 Å². The van der Waals surface area contributed by atoms with Gasteiger partial charge in [0, 0.05) is 32.7 Å². The molecule has 1 aliphatic heterocycles. The summed E-state index contributed by atoms with van der Waals surface area (Å²) in [6.45, 7) is 1.27. The van der Waals surface area contributed by atoms with Gasteiger partial charge in [-0.2, -0.15) is 13.2 Å². The molecule has 2 aromatic carbocycles. The molecule has 7 heteroatoms. The standard InChI is InChI=1S/C19H22F3N3O/c20-19(21,22)17(25-10-8-23-9-11-25)13-24-18(26)12-15-6-3-5-14-4-1-2-7-16(14)15/h1-7,17,23H,8-13H2,(H,24,26). The second-order valence-corrected chi connectivity index (χ2v) is 6.46. The summed E-state index contributed by atoms with van der Waals surface area (Å²) in [6, 6.07) is 11.6. The summed E-state index contributed by atoms with van der Waals surface area (Å²) in [4.78, 5) is 13.6. The number of hydrogen-bond donors (Lipinski definition) is 2. The molecule has 1 unspecified atom stereocenters. The fourth-order valence-electron chi connectivity index (χ4n) is 3.34. The topological polar surface area (TPSA) is 44.4 Å². The minimum atomic E-state index is -4.37. The zero-order valence-electron chi connectivity index (χ0n) is 14.4. The summed E-state index contributed by atoms with van der Waals surface area (Å²) in [6.07, 6.45) is -4.31. The van der Waals surface area contributed by atoms with E-state index in [0.29, 0.717) is 26.2 Å². The van der Waals surface area contributed by atoms with Gasteiger partial charge in [-0.05, 0) is 16.3 Å². The third-order valence-corrected chi connectivity index (χ3v) is 4.69. The van der Waals surface area contributed by atoms with Crippen LogP contribution in [0.3, 0.4) is 0 Å². The number of hydrogen-bond acceptors (Lipinski definition) is 3. The first-order valence-electron chi connectivity index (χ1n) is 8.70. The van der Waals surface area contributed by atoms with Crippen LogP contribution in [0.4, 0.5) is 13.2 Å². The van der Waals surface area contributed by atoms with Crippen LogP contribution in [0.1, 0.15) is 5.56 Å². The van der Waals surface area contributed by atoms with Crippen LogP contribution in [-0.2, 0) is 11.2 Å². The van der Waals surface area contributed by atoms with Crippen LogP contribution in [0, 0.1) is 0 Å². The molecule has 0 aliphatic carbocycles. The van der Waals surface area contributed by atoms with Gasteiger partial charge in [-0.1, -0.05) is 42.5 Å². The Bertz CT molecular complexity index is 752. The molecule has 26 heavy (non-hydrogen) atoms.